The van der Waals surface area contributed by atoms with Crippen LogP contribution in [-0.2, 0) is 19.2 Å². The number of aromatic nitrogens is 3. The molecule has 0 bridgehead atoms. The summed E-state index contributed by atoms with van der Waals surface area (Å²) >= 11 is 1.57. The van der Waals surface area contributed by atoms with Crippen LogP contribution >= 0.6 is 11.3 Å². The molecule has 4 amide bonds. The van der Waals surface area contributed by atoms with Gasteiger partial charge >= 0.3 is 6.03 Å². The highest BCUT2D eigenvalue weighted by atomic mass is 32.1. The summed E-state index contributed by atoms with van der Waals surface area (Å²) in [7, 11) is 1.61. The third kappa shape index (κ3) is 19.8. The molecule has 6 rings (SSSR count). The average molecular weight is 755 g/mol. The van der Waals surface area contributed by atoms with E-state index in [9.17, 15) is 24.0 Å². The molecule has 3 aromatic heterocycles. The number of carbonyl (C=O) groups is 5. The highest BCUT2D eigenvalue weighted by molar-refractivity contribution is 7.17. The Balaban J connectivity index is 0.000000254. The van der Waals surface area contributed by atoms with Crippen LogP contribution in [-0.4, -0.2) is 89.2 Å². The van der Waals surface area contributed by atoms with Crippen molar-refractivity contribution in [1.29, 1.82) is 0 Å². The van der Waals surface area contributed by atoms with E-state index >= 15 is 0 Å². The average Bonchev–Trinajstić information content (AvgIpc) is 3.97. The topological polar surface area (TPSA) is 193 Å². The maximum absolute atomic E-state index is 11.5. The van der Waals surface area contributed by atoms with Crippen molar-refractivity contribution in [3.8, 4) is 17.4 Å². The van der Waals surface area contributed by atoms with E-state index in [1.807, 2.05) is 50.4 Å². The minimum atomic E-state index is -0.591. The zero-order valence-electron chi connectivity index (χ0n) is 32.4. The maximum atomic E-state index is 11.5. The number of nitrogens with zero attached hydrogens (tertiary/aromatic N) is 3. The Bertz CT molecular complexity index is 1580. The maximum Gasteiger partial charge on any atom is 0.315 e. The summed E-state index contributed by atoms with van der Waals surface area (Å²) in [6.07, 6.45) is 8.97. The molecule has 0 aromatic carbocycles. The van der Waals surface area contributed by atoms with Gasteiger partial charge in [-0.3, -0.25) is 19.4 Å². The Morgan fingerprint density at radius 1 is 1.02 bits per heavy atom. The molecule has 4 heterocycles. The number of rotatable bonds is 9. The number of hydrogen-bond donors (Lipinski definition) is 5. The van der Waals surface area contributed by atoms with Gasteiger partial charge in [-0.1, -0.05) is 46.6 Å². The molecular weight excluding hydrogens is 697 g/mol. The largest absolute Gasteiger partial charge is 0.480 e. The molecule has 1 atom stereocenters. The van der Waals surface area contributed by atoms with Gasteiger partial charge in [-0.15, -0.1) is 11.3 Å². The van der Waals surface area contributed by atoms with Gasteiger partial charge in [0, 0.05) is 17.8 Å². The first-order valence-corrected chi connectivity index (χ1v) is 19.1. The van der Waals surface area contributed by atoms with Gasteiger partial charge in [0.15, 0.2) is 5.82 Å². The Kier molecular flexibility index (Phi) is 19.6. The number of ketones is 1. The number of methoxy groups -OCH3 is 1. The fourth-order valence-electron chi connectivity index (χ4n) is 4.04. The van der Waals surface area contributed by atoms with Gasteiger partial charge in [0.05, 0.1) is 31.8 Å². The van der Waals surface area contributed by atoms with Crippen LogP contribution in [0.15, 0.2) is 35.8 Å². The number of nitrogens with one attached hydrogen (secondary N) is 5. The number of hydrogen-bond acceptors (Lipinski definition) is 11. The molecule has 2 aliphatic carbocycles. The van der Waals surface area contributed by atoms with Crippen molar-refractivity contribution in [3.63, 3.8) is 0 Å². The molecule has 0 spiro atoms. The lowest BCUT2D eigenvalue weighted by atomic mass is 10.1. The summed E-state index contributed by atoms with van der Waals surface area (Å²) < 4.78 is 6.24. The smallest absolute Gasteiger partial charge is 0.315 e. The van der Waals surface area contributed by atoms with Crippen molar-refractivity contribution in [2.45, 2.75) is 105 Å². The normalized spacial score (nSPS) is 15.7. The van der Waals surface area contributed by atoms with Gasteiger partial charge < -0.3 is 36.1 Å². The Morgan fingerprint density at radius 3 is 2.21 bits per heavy atom. The third-order valence-electron chi connectivity index (χ3n) is 7.03. The zero-order chi connectivity index (χ0) is 39.4. The number of thiophene rings is 1. The van der Waals surface area contributed by atoms with Crippen LogP contribution in [0, 0.1) is 11.8 Å². The predicted octanol–water partition coefficient (Wildman–Crippen LogP) is 4.83. The summed E-state index contributed by atoms with van der Waals surface area (Å²) in [6.45, 7) is 15.1. The number of aldehydes is 1. The Morgan fingerprint density at radius 2 is 1.70 bits per heavy atom. The quantitative estimate of drug-likeness (QED) is 0.149. The van der Waals surface area contributed by atoms with E-state index in [0.717, 1.165) is 60.0 Å². The standard InChI is InChI=1S/C12H9N3OS.C11H17N3O3.C7H14N2O2.C4H8.C4H10/c1-16-12-10-8(5-7-17-10)14-11(15-12)9-4-2-3-6-13-9;15-9(11(17)14-7-3-4-7)6-13-10(16)8-2-1-5-12-8;1-7(2,3)9-6(11)8-4-5-10;1-4-2-3-4;1-4(2)3/h2-7H,1H3;7-8,12H,1-6H2,(H,13,16)(H,14,17);5H,4H2,1-3H3,(H2,8,9,11);4H,2-3H2,1H3;4H,1-3H3. The van der Waals surface area contributed by atoms with Crippen molar-refractivity contribution in [2.75, 3.05) is 26.7 Å². The van der Waals surface area contributed by atoms with Gasteiger partial charge in [0.1, 0.15) is 16.7 Å². The molecule has 3 fully saturated rings. The SMILES string of the molecule is CC(C)(C)NC(=O)NCC=O.CC(C)C.CC1CC1.COc1nc(-c2ccccn2)nc2ccsc12.O=C(CNC(=O)C1CCCN1)C(=O)NC1CC1. The lowest BCUT2D eigenvalue weighted by Crippen LogP contribution is -2.46. The van der Waals surface area contributed by atoms with Crippen LogP contribution < -0.4 is 31.3 Å². The molecule has 1 saturated heterocycles. The van der Waals surface area contributed by atoms with Crippen molar-refractivity contribution in [2.24, 2.45) is 11.8 Å². The molecule has 3 aliphatic rings. The summed E-state index contributed by atoms with van der Waals surface area (Å²) in [5, 5.41) is 15.1. The van der Waals surface area contributed by atoms with Crippen LogP contribution in [0.2, 0.25) is 0 Å². The van der Waals surface area contributed by atoms with Crippen molar-refractivity contribution >= 4 is 51.5 Å². The molecule has 2 saturated carbocycles. The second-order valence-electron chi connectivity index (χ2n) is 14.6. The third-order valence-corrected chi connectivity index (χ3v) is 7.92. The fourth-order valence-corrected chi connectivity index (χ4v) is 4.84. The number of ether oxygens (including phenoxy) is 1. The van der Waals surface area contributed by atoms with Crippen LogP contribution in [0.1, 0.15) is 87.0 Å². The van der Waals surface area contributed by atoms with E-state index in [4.69, 9.17) is 4.74 Å². The minimum absolute atomic E-state index is 0.0575. The first-order valence-electron chi connectivity index (χ1n) is 18.2. The van der Waals surface area contributed by atoms with Gasteiger partial charge in [-0.05, 0) is 88.4 Å². The van der Waals surface area contributed by atoms with E-state index < -0.39 is 11.7 Å². The van der Waals surface area contributed by atoms with Gasteiger partial charge in [0.2, 0.25) is 17.6 Å². The number of fused-ring (bicyclic) bond motifs is 1. The van der Waals surface area contributed by atoms with Crippen molar-refractivity contribution < 1.29 is 28.7 Å². The summed E-state index contributed by atoms with van der Waals surface area (Å²) in [4.78, 5) is 68.0. The summed E-state index contributed by atoms with van der Waals surface area (Å²) in [6, 6.07) is 7.25. The number of urea groups is 1. The fraction of sp³-hybridized carbons (Fsp3) is 0.579. The molecule has 3 aromatic rings. The molecule has 14 nitrogen and oxygen atoms in total. The Hall–Kier alpha value is -4.50. The summed E-state index contributed by atoms with van der Waals surface area (Å²) in [5.41, 5.74) is 1.38. The number of pyridine rings is 1. The first-order chi connectivity index (χ1) is 25.1. The molecule has 1 unspecified atom stereocenters. The predicted molar refractivity (Wildman–Crippen MR) is 209 cm³/mol. The van der Waals surface area contributed by atoms with Crippen molar-refractivity contribution in [1.82, 2.24) is 41.5 Å². The van der Waals surface area contributed by atoms with E-state index in [1.54, 1.807) is 24.6 Å². The van der Waals surface area contributed by atoms with Crippen LogP contribution in [0.3, 0.4) is 0 Å². The number of amides is 4. The molecule has 0 radical (unpaired) electrons. The number of Topliss-reactive ketones (excluding diaryl/α,β-unsaturated/α-hetero) is 1. The highest BCUT2D eigenvalue weighted by Gasteiger charge is 2.27. The van der Waals surface area contributed by atoms with Crippen LogP contribution in [0.5, 0.6) is 5.88 Å². The van der Waals surface area contributed by atoms with Gasteiger partial charge in [-0.25, -0.2) is 9.78 Å². The van der Waals surface area contributed by atoms with E-state index in [-0.39, 0.29) is 42.7 Å². The van der Waals surface area contributed by atoms with Crippen LogP contribution in [0.25, 0.3) is 21.7 Å². The molecule has 5 N–H and O–H groups in total. The van der Waals surface area contributed by atoms with E-state index in [1.165, 1.54) is 12.8 Å². The van der Waals surface area contributed by atoms with Crippen LogP contribution in [0.4, 0.5) is 4.79 Å². The molecule has 292 valence electrons. The first kappa shape index (κ1) is 44.7. The summed E-state index contributed by atoms with van der Waals surface area (Å²) in [5.74, 6) is 1.74. The molecule has 15 heteroatoms. The lowest BCUT2D eigenvalue weighted by molar-refractivity contribution is -0.138. The van der Waals surface area contributed by atoms with Gasteiger partial charge in [0.25, 0.3) is 5.91 Å². The lowest BCUT2D eigenvalue weighted by Gasteiger charge is -2.20. The van der Waals surface area contributed by atoms with Gasteiger partial charge in [-0.2, -0.15) is 4.98 Å². The second kappa shape index (κ2) is 23.2. The van der Waals surface area contributed by atoms with Crippen molar-refractivity contribution in [3.05, 3.63) is 35.8 Å². The monoisotopic (exact) mass is 754 g/mol. The molecular formula is C38H58N8O6S. The number of carbonyl (C=O) groups excluding carboxylic acids is 5. The minimum Gasteiger partial charge on any atom is -0.480 e. The second-order valence-corrected chi connectivity index (χ2v) is 15.5. The highest BCUT2D eigenvalue weighted by Crippen LogP contribution is 2.29. The molecule has 1 aliphatic heterocycles. The Labute approximate surface area is 317 Å². The molecule has 53 heavy (non-hydrogen) atoms. The van der Waals surface area contributed by atoms with E-state index in [0.29, 0.717) is 18.0 Å². The zero-order valence-corrected chi connectivity index (χ0v) is 33.2. The van der Waals surface area contributed by atoms with E-state index in [2.05, 4.69) is 69.2 Å².